The molecule has 48 valence electrons. The fourth-order valence-electron chi connectivity index (χ4n) is 0.452. The van der Waals surface area contributed by atoms with E-state index in [9.17, 15) is 0 Å². The summed E-state index contributed by atoms with van der Waals surface area (Å²) in [6.07, 6.45) is 1.46. The number of hydrogen-bond donors (Lipinski definition) is 2. The molecule has 4 heteroatoms. The number of anilines is 1. The van der Waals surface area contributed by atoms with Crippen LogP contribution < -0.4 is 5.73 Å². The van der Waals surface area contributed by atoms with Crippen LogP contribution in [0.1, 0.15) is 0 Å². The Labute approximate surface area is 60.7 Å². The zero-order valence-electron chi connectivity index (χ0n) is 4.50. The summed E-state index contributed by atoms with van der Waals surface area (Å²) in [6, 6.07) is 1.43. The molecule has 0 atom stereocenters. The second-order valence-corrected chi connectivity index (χ2v) is 2.33. The van der Waals surface area contributed by atoms with Crippen molar-refractivity contribution < 1.29 is 5.11 Å². The quantitative estimate of drug-likeness (QED) is 0.601. The SMILES string of the molecule is Nc1cnc(Br)c(O)c1. The van der Waals surface area contributed by atoms with Gasteiger partial charge in [-0.2, -0.15) is 0 Å². The molecule has 3 N–H and O–H groups in total. The fraction of sp³-hybridized carbons (Fsp3) is 0. The summed E-state index contributed by atoms with van der Waals surface area (Å²) in [5, 5.41) is 8.91. The molecule has 0 aliphatic rings. The lowest BCUT2D eigenvalue weighted by Crippen LogP contribution is -1.85. The van der Waals surface area contributed by atoms with Gasteiger partial charge in [-0.25, -0.2) is 4.98 Å². The van der Waals surface area contributed by atoms with Crippen molar-refractivity contribution in [1.29, 1.82) is 0 Å². The third kappa shape index (κ3) is 1.32. The Bertz CT molecular complexity index is 226. The molecule has 1 aromatic rings. The van der Waals surface area contributed by atoms with Gasteiger partial charge in [0.15, 0.2) is 0 Å². The molecule has 0 aromatic carbocycles. The van der Waals surface area contributed by atoms with Crippen molar-refractivity contribution in [2.45, 2.75) is 0 Å². The van der Waals surface area contributed by atoms with Crippen LogP contribution in [-0.4, -0.2) is 10.1 Å². The highest BCUT2D eigenvalue weighted by Gasteiger charge is 1.95. The maximum absolute atomic E-state index is 8.91. The molecule has 1 heterocycles. The zero-order valence-corrected chi connectivity index (χ0v) is 6.09. The molecule has 0 bridgehead atoms. The van der Waals surface area contributed by atoms with Crippen LogP contribution in [-0.2, 0) is 0 Å². The average molecular weight is 189 g/mol. The van der Waals surface area contributed by atoms with Crippen molar-refractivity contribution in [3.05, 3.63) is 16.9 Å². The highest BCUT2D eigenvalue weighted by molar-refractivity contribution is 9.10. The van der Waals surface area contributed by atoms with E-state index in [4.69, 9.17) is 10.8 Å². The van der Waals surface area contributed by atoms with Gasteiger partial charge in [0.2, 0.25) is 0 Å². The molecule has 3 nitrogen and oxygen atoms in total. The maximum atomic E-state index is 8.91. The number of aromatic nitrogens is 1. The first kappa shape index (κ1) is 6.35. The number of nitrogen functional groups attached to an aromatic ring is 1. The van der Waals surface area contributed by atoms with E-state index in [2.05, 4.69) is 20.9 Å². The third-order valence-corrected chi connectivity index (χ3v) is 1.45. The molecule has 1 rings (SSSR count). The van der Waals surface area contributed by atoms with Crippen molar-refractivity contribution in [2.24, 2.45) is 0 Å². The van der Waals surface area contributed by atoms with Crippen LogP contribution in [0.4, 0.5) is 5.69 Å². The van der Waals surface area contributed by atoms with Crippen LogP contribution in [0.5, 0.6) is 5.75 Å². The second-order valence-electron chi connectivity index (χ2n) is 1.58. The van der Waals surface area contributed by atoms with E-state index < -0.39 is 0 Å². The summed E-state index contributed by atoms with van der Waals surface area (Å²) in [7, 11) is 0. The summed E-state index contributed by atoms with van der Waals surface area (Å²) < 4.78 is 0.414. The first-order valence-corrected chi connectivity index (χ1v) is 3.09. The fourth-order valence-corrected chi connectivity index (χ4v) is 0.669. The summed E-state index contributed by atoms with van der Waals surface area (Å²) in [5.41, 5.74) is 5.74. The van der Waals surface area contributed by atoms with E-state index in [1.165, 1.54) is 12.3 Å². The van der Waals surface area contributed by atoms with Crippen molar-refractivity contribution in [3.63, 3.8) is 0 Å². The van der Waals surface area contributed by atoms with E-state index in [-0.39, 0.29) is 5.75 Å². The number of pyridine rings is 1. The van der Waals surface area contributed by atoms with E-state index in [1.807, 2.05) is 0 Å². The molecule has 0 saturated heterocycles. The molecule has 0 aliphatic carbocycles. The minimum absolute atomic E-state index is 0.0648. The Hall–Kier alpha value is -0.770. The summed E-state index contributed by atoms with van der Waals surface area (Å²) in [4.78, 5) is 3.72. The Kier molecular flexibility index (Phi) is 1.57. The van der Waals surface area contributed by atoms with Crippen molar-refractivity contribution >= 4 is 21.6 Å². The smallest absolute Gasteiger partial charge is 0.150 e. The number of hydrogen-bond acceptors (Lipinski definition) is 3. The molecule has 1 aromatic heterocycles. The van der Waals surface area contributed by atoms with Crippen LogP contribution in [0.25, 0.3) is 0 Å². The number of aromatic hydroxyl groups is 1. The molecule has 0 amide bonds. The minimum Gasteiger partial charge on any atom is -0.505 e. The van der Waals surface area contributed by atoms with Crippen LogP contribution in [0.2, 0.25) is 0 Å². The minimum atomic E-state index is 0.0648. The molecule has 0 radical (unpaired) electrons. The molecule has 0 fully saturated rings. The molecule has 9 heavy (non-hydrogen) atoms. The van der Waals surface area contributed by atoms with E-state index >= 15 is 0 Å². The average Bonchev–Trinajstić information content (AvgIpc) is 1.80. The van der Waals surface area contributed by atoms with Crippen LogP contribution >= 0.6 is 15.9 Å². The molecule has 0 saturated carbocycles. The van der Waals surface area contributed by atoms with E-state index in [0.29, 0.717) is 10.3 Å². The number of rotatable bonds is 0. The van der Waals surface area contributed by atoms with Crippen LogP contribution in [0, 0.1) is 0 Å². The lowest BCUT2D eigenvalue weighted by molar-refractivity contribution is 0.469. The maximum Gasteiger partial charge on any atom is 0.150 e. The van der Waals surface area contributed by atoms with Gasteiger partial charge in [0, 0.05) is 6.07 Å². The van der Waals surface area contributed by atoms with Gasteiger partial charge in [0.25, 0.3) is 0 Å². The van der Waals surface area contributed by atoms with Gasteiger partial charge in [-0.05, 0) is 15.9 Å². The first-order valence-electron chi connectivity index (χ1n) is 2.30. The molecular formula is C5H5BrN2O. The summed E-state index contributed by atoms with van der Waals surface area (Å²) in [5.74, 6) is 0.0648. The Balaban J connectivity index is 3.17. The Morgan fingerprint density at radius 3 is 2.78 bits per heavy atom. The topological polar surface area (TPSA) is 59.1 Å². The van der Waals surface area contributed by atoms with E-state index in [1.54, 1.807) is 0 Å². The highest BCUT2D eigenvalue weighted by atomic mass is 79.9. The van der Waals surface area contributed by atoms with Gasteiger partial charge in [0.1, 0.15) is 10.4 Å². The lowest BCUT2D eigenvalue weighted by atomic mass is 10.4. The molecule has 0 aliphatic heterocycles. The lowest BCUT2D eigenvalue weighted by Gasteiger charge is -1.94. The number of nitrogens with two attached hydrogens (primary N) is 1. The summed E-state index contributed by atoms with van der Waals surface area (Å²) in [6.45, 7) is 0. The largest absolute Gasteiger partial charge is 0.505 e. The van der Waals surface area contributed by atoms with Gasteiger partial charge in [-0.1, -0.05) is 0 Å². The number of halogens is 1. The standard InChI is InChI=1S/C5H5BrN2O/c6-5-4(9)1-3(7)2-8-5/h1-2,9H,7H2. The van der Waals surface area contributed by atoms with Crippen molar-refractivity contribution in [3.8, 4) is 5.75 Å². The molecule has 0 unspecified atom stereocenters. The first-order chi connectivity index (χ1) is 4.20. The predicted octanol–water partition coefficient (Wildman–Crippen LogP) is 1.13. The molecule has 0 spiro atoms. The van der Waals surface area contributed by atoms with E-state index in [0.717, 1.165) is 0 Å². The van der Waals surface area contributed by atoms with Crippen molar-refractivity contribution in [1.82, 2.24) is 4.98 Å². The van der Waals surface area contributed by atoms with Gasteiger partial charge >= 0.3 is 0 Å². The Morgan fingerprint density at radius 1 is 1.67 bits per heavy atom. The monoisotopic (exact) mass is 188 g/mol. The third-order valence-electron chi connectivity index (χ3n) is 0.842. The zero-order chi connectivity index (χ0) is 6.85. The molecular weight excluding hydrogens is 184 g/mol. The van der Waals surface area contributed by atoms with Crippen LogP contribution in [0.15, 0.2) is 16.9 Å². The van der Waals surface area contributed by atoms with Gasteiger partial charge in [0.05, 0.1) is 11.9 Å². The number of nitrogens with zero attached hydrogens (tertiary/aromatic N) is 1. The predicted molar refractivity (Wildman–Crippen MR) is 38.0 cm³/mol. The highest BCUT2D eigenvalue weighted by Crippen LogP contribution is 2.21. The summed E-state index contributed by atoms with van der Waals surface area (Å²) >= 11 is 3.01. The van der Waals surface area contributed by atoms with Gasteiger partial charge in [-0.3, -0.25) is 0 Å². The van der Waals surface area contributed by atoms with Crippen LogP contribution in [0.3, 0.4) is 0 Å². The normalized spacial score (nSPS) is 9.44. The Morgan fingerprint density at radius 2 is 2.33 bits per heavy atom. The van der Waals surface area contributed by atoms with Gasteiger partial charge < -0.3 is 10.8 Å². The second kappa shape index (κ2) is 2.23. The van der Waals surface area contributed by atoms with Gasteiger partial charge in [-0.15, -0.1) is 0 Å². The van der Waals surface area contributed by atoms with Crippen molar-refractivity contribution in [2.75, 3.05) is 5.73 Å².